The van der Waals surface area contributed by atoms with Crippen molar-refractivity contribution in [1.82, 2.24) is 4.57 Å². The average molecular weight is 665 g/mol. The number of fused-ring (bicyclic) bond motifs is 3. The molecule has 5 aromatic rings. The number of amides is 3. The van der Waals surface area contributed by atoms with Gasteiger partial charge in [0.25, 0.3) is 0 Å². The number of nitrogens with one attached hydrogen (secondary N) is 1. The molecule has 0 spiro atoms. The van der Waals surface area contributed by atoms with Crippen LogP contribution in [0.15, 0.2) is 94.7 Å². The number of rotatable bonds is 5. The Hall–Kier alpha value is -3.96. The van der Waals surface area contributed by atoms with Crippen molar-refractivity contribution in [1.29, 1.82) is 0 Å². The third kappa shape index (κ3) is 4.82. The van der Waals surface area contributed by atoms with E-state index in [1.807, 2.05) is 36.4 Å². The predicted molar refractivity (Wildman–Crippen MR) is 171 cm³/mol. The maximum absolute atomic E-state index is 14.0. The van der Waals surface area contributed by atoms with Gasteiger partial charge in [-0.1, -0.05) is 88.8 Å². The van der Waals surface area contributed by atoms with Crippen LogP contribution in [-0.4, -0.2) is 27.5 Å². The summed E-state index contributed by atoms with van der Waals surface area (Å²) in [7, 11) is 0. The summed E-state index contributed by atoms with van der Waals surface area (Å²) < 4.78 is 15.0. The van der Waals surface area contributed by atoms with Crippen LogP contribution in [0.1, 0.15) is 16.4 Å². The maximum Gasteiger partial charge on any atom is 0.308 e. The molecular weight excluding hydrogens is 644 g/mol. The summed E-state index contributed by atoms with van der Waals surface area (Å²) in [5, 5.41) is 4.79. The van der Waals surface area contributed by atoms with Crippen molar-refractivity contribution in [3.63, 3.8) is 0 Å². The average Bonchev–Trinajstić information content (AvgIpc) is 3.45. The molecule has 2 aliphatic heterocycles. The smallest absolute Gasteiger partial charge is 0.308 e. The number of anilines is 2. The van der Waals surface area contributed by atoms with E-state index in [-0.39, 0.29) is 22.3 Å². The summed E-state index contributed by atoms with van der Waals surface area (Å²) in [6, 6.07) is 23.4. The predicted octanol–water partition coefficient (Wildman–Crippen LogP) is 6.94. The number of imide groups is 1. The van der Waals surface area contributed by atoms with Crippen LogP contribution in [0.3, 0.4) is 0 Å². The molecule has 1 fully saturated rings. The molecule has 1 N–H and O–H groups in total. The highest BCUT2D eigenvalue weighted by Crippen LogP contribution is 2.55. The number of thioether (sulfide) groups is 1. The SMILES string of the molecule is O=C(Cn1c2c(sc1=O)[C@@H](c1cccc(Cl)c1Cl)[C@@H]1C(=O)N(c3ccc(F)cc3)C(=O)[C@@H]1S2)Nc1ccc2ccccc2c1. The molecule has 4 aromatic carbocycles. The summed E-state index contributed by atoms with van der Waals surface area (Å²) in [6.45, 7) is -0.304. The highest BCUT2D eigenvalue weighted by molar-refractivity contribution is 8.00. The molecule has 7 rings (SSSR count). The molecule has 3 amide bonds. The van der Waals surface area contributed by atoms with Gasteiger partial charge in [0.2, 0.25) is 17.7 Å². The van der Waals surface area contributed by atoms with Crippen molar-refractivity contribution >= 4 is 86.2 Å². The zero-order valence-electron chi connectivity index (χ0n) is 22.5. The second kappa shape index (κ2) is 11.2. The number of hydrogen-bond donors (Lipinski definition) is 1. The topological polar surface area (TPSA) is 88.5 Å². The van der Waals surface area contributed by atoms with Crippen LogP contribution in [0.25, 0.3) is 10.8 Å². The van der Waals surface area contributed by atoms with Gasteiger partial charge in [0.1, 0.15) is 17.6 Å². The number of carbonyl (C=O) groups excluding carboxylic acids is 3. The van der Waals surface area contributed by atoms with Crippen molar-refractivity contribution in [2.24, 2.45) is 5.92 Å². The van der Waals surface area contributed by atoms with E-state index >= 15 is 0 Å². The van der Waals surface area contributed by atoms with Crippen LogP contribution < -0.4 is 15.1 Å². The van der Waals surface area contributed by atoms with Crippen LogP contribution in [0.4, 0.5) is 15.8 Å². The third-order valence-electron chi connectivity index (χ3n) is 7.79. The Morgan fingerprint density at radius 1 is 0.886 bits per heavy atom. The Balaban J connectivity index is 1.28. The Labute approximate surface area is 268 Å². The van der Waals surface area contributed by atoms with Crippen molar-refractivity contribution in [3.8, 4) is 0 Å². The van der Waals surface area contributed by atoms with E-state index in [2.05, 4.69) is 5.32 Å². The maximum atomic E-state index is 14.0. The summed E-state index contributed by atoms with van der Waals surface area (Å²) in [6.07, 6.45) is 0. The molecule has 220 valence electrons. The zero-order chi connectivity index (χ0) is 30.7. The highest BCUT2D eigenvalue weighted by Gasteiger charge is 2.57. The largest absolute Gasteiger partial charge is 0.325 e. The van der Waals surface area contributed by atoms with E-state index in [1.54, 1.807) is 24.3 Å². The molecule has 12 heteroatoms. The van der Waals surface area contributed by atoms with E-state index in [9.17, 15) is 23.6 Å². The molecule has 3 atom stereocenters. The van der Waals surface area contributed by atoms with Crippen molar-refractivity contribution < 1.29 is 18.8 Å². The van der Waals surface area contributed by atoms with Crippen LogP contribution in [-0.2, 0) is 20.9 Å². The third-order valence-corrected chi connectivity index (χ3v) is 11.2. The first kappa shape index (κ1) is 28.8. The van der Waals surface area contributed by atoms with E-state index in [0.29, 0.717) is 21.2 Å². The van der Waals surface area contributed by atoms with Crippen LogP contribution in [0.2, 0.25) is 10.0 Å². The van der Waals surface area contributed by atoms with Gasteiger partial charge in [-0.3, -0.25) is 23.7 Å². The summed E-state index contributed by atoms with van der Waals surface area (Å²) in [5.41, 5.74) is 1.31. The van der Waals surface area contributed by atoms with Gasteiger partial charge in [-0.05, 0) is 58.8 Å². The molecule has 1 aromatic heterocycles. The first-order valence-electron chi connectivity index (χ1n) is 13.5. The Morgan fingerprint density at radius 3 is 2.41 bits per heavy atom. The lowest BCUT2D eigenvalue weighted by molar-refractivity contribution is -0.122. The van der Waals surface area contributed by atoms with Crippen molar-refractivity contribution in [3.05, 3.63) is 121 Å². The molecule has 1 saturated heterocycles. The fourth-order valence-electron chi connectivity index (χ4n) is 5.81. The van der Waals surface area contributed by atoms with E-state index in [4.69, 9.17) is 23.2 Å². The van der Waals surface area contributed by atoms with Gasteiger partial charge >= 0.3 is 4.87 Å². The molecule has 0 aliphatic carbocycles. The van der Waals surface area contributed by atoms with Crippen molar-refractivity contribution in [2.75, 3.05) is 10.2 Å². The van der Waals surface area contributed by atoms with Gasteiger partial charge < -0.3 is 5.32 Å². The minimum absolute atomic E-state index is 0.206. The Bertz CT molecular complexity index is 2060. The molecular formula is C32H20Cl2FN3O4S2. The molecule has 3 heterocycles. The first-order chi connectivity index (χ1) is 21.2. The van der Waals surface area contributed by atoms with Crippen LogP contribution in [0.5, 0.6) is 0 Å². The minimum atomic E-state index is -0.927. The lowest BCUT2D eigenvalue weighted by Crippen LogP contribution is -2.33. The number of aromatic nitrogens is 1. The quantitative estimate of drug-likeness (QED) is 0.206. The van der Waals surface area contributed by atoms with E-state index < -0.39 is 45.5 Å². The molecule has 7 nitrogen and oxygen atoms in total. The monoisotopic (exact) mass is 663 g/mol. The number of thiazole rings is 1. The van der Waals surface area contributed by atoms with Gasteiger partial charge in [-0.2, -0.15) is 0 Å². The normalized spacial score (nSPS) is 19.2. The Kier molecular flexibility index (Phi) is 7.32. The first-order valence-corrected chi connectivity index (χ1v) is 15.9. The highest BCUT2D eigenvalue weighted by atomic mass is 35.5. The summed E-state index contributed by atoms with van der Waals surface area (Å²) >= 11 is 15.0. The van der Waals surface area contributed by atoms with Gasteiger partial charge in [0, 0.05) is 16.5 Å². The van der Waals surface area contributed by atoms with Gasteiger partial charge in [0.05, 0.1) is 26.7 Å². The molecule has 0 bridgehead atoms. The number of hydrogen-bond acceptors (Lipinski definition) is 6. The molecule has 0 unspecified atom stereocenters. The molecule has 2 aliphatic rings. The number of carbonyl (C=O) groups is 3. The van der Waals surface area contributed by atoms with Crippen molar-refractivity contribution in [2.45, 2.75) is 22.7 Å². The number of nitrogens with zero attached hydrogens (tertiary/aromatic N) is 2. The lowest BCUT2D eigenvalue weighted by Gasteiger charge is -2.31. The number of benzene rings is 4. The fraction of sp³-hybridized carbons (Fsp3) is 0.125. The van der Waals surface area contributed by atoms with Gasteiger partial charge in [-0.25, -0.2) is 9.29 Å². The molecule has 0 saturated carbocycles. The summed E-state index contributed by atoms with van der Waals surface area (Å²) in [5.74, 6) is -3.63. The van der Waals surface area contributed by atoms with Gasteiger partial charge in [0.15, 0.2) is 0 Å². The Morgan fingerprint density at radius 2 is 1.64 bits per heavy atom. The molecule has 0 radical (unpaired) electrons. The second-order valence-electron chi connectivity index (χ2n) is 10.4. The van der Waals surface area contributed by atoms with E-state index in [0.717, 1.165) is 38.8 Å². The fourth-order valence-corrected chi connectivity index (χ4v) is 9.00. The standard InChI is InChI=1S/C32H20Cl2FN3O4S2/c33-22-7-3-6-21(26(22)34)24-25-27(30(41)38(29(25)40)20-12-9-18(35)10-13-20)43-31-28(24)44-32(42)37(31)15-23(39)36-19-11-8-16-4-1-2-5-17(16)14-19/h1-14,24-25,27H,15H2,(H,36,39)/t24-,25-,27+/m0/s1. The van der Waals surface area contributed by atoms with Gasteiger partial charge in [-0.15, -0.1) is 0 Å². The summed E-state index contributed by atoms with van der Waals surface area (Å²) in [4.78, 5) is 55.6. The lowest BCUT2D eigenvalue weighted by atomic mass is 9.83. The van der Waals surface area contributed by atoms with Crippen LogP contribution in [0, 0.1) is 11.7 Å². The van der Waals surface area contributed by atoms with Crippen LogP contribution >= 0.6 is 46.3 Å². The minimum Gasteiger partial charge on any atom is -0.325 e. The zero-order valence-corrected chi connectivity index (χ0v) is 25.6. The molecule has 44 heavy (non-hydrogen) atoms. The second-order valence-corrected chi connectivity index (χ2v) is 13.3. The number of halogens is 3. The van der Waals surface area contributed by atoms with E-state index in [1.165, 1.54) is 28.8 Å².